The Bertz CT molecular complexity index is 3530. The monoisotopic (exact) mass is 808 g/mol. The van der Waals surface area contributed by atoms with Gasteiger partial charge in [0.25, 0.3) is 0 Å². The van der Waals surface area contributed by atoms with Gasteiger partial charge in [0, 0.05) is 39.5 Å². The van der Waals surface area contributed by atoms with Crippen molar-refractivity contribution in [2.24, 2.45) is 0 Å². The van der Waals surface area contributed by atoms with Crippen LogP contribution in [0, 0.1) is 34.3 Å². The number of hydrogen-bond acceptors (Lipinski definition) is 3. The summed E-state index contributed by atoms with van der Waals surface area (Å²) in [6.07, 6.45) is 1.69. The van der Waals surface area contributed by atoms with Gasteiger partial charge < -0.3 is 4.74 Å². The maximum Gasteiger partial charge on any atom is 0.245 e. The lowest BCUT2D eigenvalue weighted by atomic mass is 9.20. The Kier molecular flexibility index (Phi) is 7.26. The first kappa shape index (κ1) is 27.6. The average Bonchev–Trinajstić information content (AvgIpc) is 3.37. The Hall–Kier alpha value is -7.23. The van der Waals surface area contributed by atoms with E-state index in [0.29, 0.717) is 66.6 Å². The number of aryl methyl sites for hydroxylation is 5. The fourth-order valence-corrected chi connectivity index (χ4v) is 9.11. The summed E-state index contributed by atoms with van der Waals surface area (Å²) >= 11 is 0. The van der Waals surface area contributed by atoms with Crippen LogP contribution in [0.3, 0.4) is 0 Å². The van der Waals surface area contributed by atoms with Crippen LogP contribution in [0.4, 0.5) is 0 Å². The molecular formula is C57H46B2N2O. The van der Waals surface area contributed by atoms with Crippen molar-refractivity contribution >= 4 is 46.2 Å². The second-order valence-electron chi connectivity index (χ2n) is 15.7. The number of fused-ring (bicyclic) bond motifs is 2. The lowest BCUT2D eigenvalue weighted by Crippen LogP contribution is -2.76. The fraction of sp³-hybridized carbons (Fsp3) is 0.0877. The number of aromatic nitrogens is 2. The van der Waals surface area contributed by atoms with E-state index in [2.05, 4.69) is 9.97 Å². The van der Waals surface area contributed by atoms with Gasteiger partial charge >= 0.3 is 0 Å². The Morgan fingerprint density at radius 3 is 1.65 bits per heavy atom. The lowest BCUT2D eigenvalue weighted by Gasteiger charge is -2.36. The molecule has 62 heavy (non-hydrogen) atoms. The van der Waals surface area contributed by atoms with Crippen LogP contribution < -0.4 is 37.5 Å². The van der Waals surface area contributed by atoms with E-state index in [1.54, 1.807) is 85.1 Å². The van der Waals surface area contributed by atoms with E-state index in [0.717, 1.165) is 11.1 Å². The first-order valence-corrected chi connectivity index (χ1v) is 20.5. The second-order valence-corrected chi connectivity index (χ2v) is 15.7. The van der Waals surface area contributed by atoms with Gasteiger partial charge in [0.2, 0.25) is 13.4 Å². The molecule has 296 valence electrons. The SMILES string of the molecule is [2H]C([2H])([2H])c1cccc(-c2cc(Oc3cccc(-c4ccccn4)c3)c3c(c2)B(c2c(C([2H])([2H])[2H])cc(-c4ccccc4)cc2C([2H])([2H])[2H])c2ccccc2B3c2c(C)cc(-c3ccccc3)cc2C([2H])([2H])[2H])n1. The number of ether oxygens (including phenoxy) is 1. The third-order valence-electron chi connectivity index (χ3n) is 11.8. The van der Waals surface area contributed by atoms with E-state index >= 15 is 0 Å². The molecule has 0 amide bonds. The van der Waals surface area contributed by atoms with Crippen molar-refractivity contribution < 1.29 is 21.2 Å². The van der Waals surface area contributed by atoms with Crippen LogP contribution in [0.5, 0.6) is 11.5 Å². The van der Waals surface area contributed by atoms with Gasteiger partial charge in [0.05, 0.1) is 11.4 Å². The van der Waals surface area contributed by atoms with Gasteiger partial charge in [-0.2, -0.15) is 0 Å². The first-order valence-electron chi connectivity index (χ1n) is 26.5. The van der Waals surface area contributed by atoms with Crippen molar-refractivity contribution in [1.29, 1.82) is 0 Å². The number of rotatable bonds is 8. The van der Waals surface area contributed by atoms with Crippen LogP contribution in [-0.4, -0.2) is 23.4 Å². The lowest BCUT2D eigenvalue weighted by molar-refractivity contribution is 0.487. The van der Waals surface area contributed by atoms with Crippen LogP contribution in [-0.2, 0) is 0 Å². The van der Waals surface area contributed by atoms with Crippen molar-refractivity contribution in [2.45, 2.75) is 34.3 Å². The van der Waals surface area contributed by atoms with E-state index in [1.165, 1.54) is 6.07 Å². The maximum atomic E-state index is 9.19. The summed E-state index contributed by atoms with van der Waals surface area (Å²) in [6.45, 7) is -11.1. The van der Waals surface area contributed by atoms with Crippen molar-refractivity contribution in [1.82, 2.24) is 9.97 Å². The molecule has 0 saturated heterocycles. The summed E-state index contributed by atoms with van der Waals surface area (Å²) in [5.74, 6) is 0.590. The predicted molar refractivity (Wildman–Crippen MR) is 263 cm³/mol. The molecule has 9 aromatic rings. The molecule has 0 bridgehead atoms. The predicted octanol–water partition coefficient (Wildman–Crippen LogP) is 9.82. The van der Waals surface area contributed by atoms with E-state index < -0.39 is 40.8 Å². The van der Waals surface area contributed by atoms with E-state index in [-0.39, 0.29) is 39.3 Å². The largest absolute Gasteiger partial charge is 0.458 e. The molecule has 0 spiro atoms. The number of nitrogens with zero attached hydrogens (tertiary/aromatic N) is 2. The fourth-order valence-electron chi connectivity index (χ4n) is 9.11. The van der Waals surface area contributed by atoms with Crippen LogP contribution in [0.1, 0.15) is 44.4 Å². The molecule has 1 aliphatic heterocycles. The van der Waals surface area contributed by atoms with E-state index in [1.807, 2.05) is 104 Å². The minimum Gasteiger partial charge on any atom is -0.458 e. The smallest absolute Gasteiger partial charge is 0.245 e. The zero-order chi connectivity index (χ0) is 52.3. The quantitative estimate of drug-likeness (QED) is 0.144. The molecule has 0 saturated carbocycles. The molecule has 0 atom stereocenters. The molecule has 0 fully saturated rings. The van der Waals surface area contributed by atoms with Crippen molar-refractivity contribution in [3.63, 3.8) is 0 Å². The van der Waals surface area contributed by atoms with Crippen molar-refractivity contribution in [3.8, 4) is 56.3 Å². The Morgan fingerprint density at radius 1 is 0.419 bits per heavy atom. The van der Waals surface area contributed by atoms with Crippen molar-refractivity contribution in [3.05, 3.63) is 216 Å². The molecule has 5 heteroatoms. The van der Waals surface area contributed by atoms with E-state index in [9.17, 15) is 12.3 Å². The molecule has 1 aliphatic rings. The molecule has 7 aromatic carbocycles. The molecule has 0 radical (unpaired) electrons. The van der Waals surface area contributed by atoms with Gasteiger partial charge in [0.1, 0.15) is 11.5 Å². The van der Waals surface area contributed by atoms with Crippen LogP contribution >= 0.6 is 0 Å². The summed E-state index contributed by atoms with van der Waals surface area (Å²) in [6, 6.07) is 53.8. The average molecular weight is 809 g/mol. The summed E-state index contributed by atoms with van der Waals surface area (Å²) in [4.78, 5) is 9.23. The second kappa shape index (κ2) is 16.3. The first-order chi connectivity index (χ1) is 35.1. The minimum atomic E-state index is -2.86. The number of benzene rings is 7. The van der Waals surface area contributed by atoms with Crippen molar-refractivity contribution in [2.75, 3.05) is 0 Å². The standard InChI is InChI=1S/C57H46B2N2O/c1-37-30-45(42-19-8-6-9-20-42)31-38(2)55(37)58-49-25-12-13-26-50(49)59(56-39(3)32-46(33-40(56)4)43-21-10-7-11-22-43)57-51(58)35-47(53-28-16-18-41(5)61-53)36-54(57)62-48-24-17-23-44(34-48)52-27-14-15-29-60-52/h6-36H,1-5H3/i1D3,2D3,3D3,5D3. The number of hydrogen-bond donors (Lipinski definition) is 0. The minimum absolute atomic E-state index is 0.0356. The van der Waals surface area contributed by atoms with Gasteiger partial charge in [-0.3, -0.25) is 9.97 Å². The Balaban J connectivity index is 1.37. The van der Waals surface area contributed by atoms with Gasteiger partial charge in [-0.1, -0.05) is 189 Å². The van der Waals surface area contributed by atoms with Gasteiger partial charge in [-0.25, -0.2) is 0 Å². The highest BCUT2D eigenvalue weighted by Gasteiger charge is 2.43. The molecule has 2 aromatic heterocycles. The highest BCUT2D eigenvalue weighted by atomic mass is 16.5. The Labute approximate surface area is 383 Å². The normalized spacial score (nSPS) is 15.6. The summed E-state index contributed by atoms with van der Waals surface area (Å²) < 4.78 is 115. The molecule has 0 N–H and O–H groups in total. The summed E-state index contributed by atoms with van der Waals surface area (Å²) in [7, 11) is 0. The molecule has 0 unspecified atom stereocenters. The Morgan fingerprint density at radius 2 is 1.00 bits per heavy atom. The molecule has 3 nitrogen and oxygen atoms in total. The zero-order valence-corrected chi connectivity index (χ0v) is 33.9. The van der Waals surface area contributed by atoms with Gasteiger partial charge in [-0.15, -0.1) is 0 Å². The molecular weight excluding hydrogens is 750 g/mol. The van der Waals surface area contributed by atoms with Crippen LogP contribution in [0.2, 0.25) is 0 Å². The highest BCUT2D eigenvalue weighted by molar-refractivity contribution is 7.12. The highest BCUT2D eigenvalue weighted by Crippen LogP contribution is 2.31. The molecule has 0 aliphatic carbocycles. The topological polar surface area (TPSA) is 35.0 Å². The summed E-state index contributed by atoms with van der Waals surface area (Å²) in [5.41, 5.74) is 7.30. The number of pyridine rings is 2. The molecule has 10 rings (SSSR count). The third-order valence-corrected chi connectivity index (χ3v) is 11.8. The van der Waals surface area contributed by atoms with E-state index in [4.69, 9.17) is 8.85 Å². The summed E-state index contributed by atoms with van der Waals surface area (Å²) in [5, 5.41) is 0. The maximum absolute atomic E-state index is 9.19. The zero-order valence-electron chi connectivity index (χ0n) is 45.9. The van der Waals surface area contributed by atoms with Gasteiger partial charge in [-0.05, 0) is 105 Å². The van der Waals surface area contributed by atoms with Crippen LogP contribution in [0.15, 0.2) is 188 Å². The third kappa shape index (κ3) is 7.24. The molecule has 3 heterocycles. The van der Waals surface area contributed by atoms with Gasteiger partial charge in [0.15, 0.2) is 0 Å². The van der Waals surface area contributed by atoms with Crippen LogP contribution in [0.25, 0.3) is 44.8 Å².